The lowest BCUT2D eigenvalue weighted by molar-refractivity contribution is -0.211. The maximum atomic E-state index is 11.5. The Morgan fingerprint density at radius 3 is 2.25 bits per heavy atom. The van der Waals surface area contributed by atoms with Gasteiger partial charge in [-0.15, -0.1) is 0 Å². The van der Waals surface area contributed by atoms with Crippen molar-refractivity contribution in [2.75, 3.05) is 0 Å². The fourth-order valence-electron chi connectivity index (χ4n) is 1.79. The van der Waals surface area contributed by atoms with Crippen molar-refractivity contribution in [2.45, 2.75) is 11.9 Å². The molecule has 0 aliphatic carbocycles. The molecular formula is C14H12O6. The first-order chi connectivity index (χ1) is 9.57. The van der Waals surface area contributed by atoms with Crippen molar-refractivity contribution in [3.63, 3.8) is 0 Å². The van der Waals surface area contributed by atoms with Gasteiger partial charge in [0.25, 0.3) is 5.60 Å². The number of allylic oxidation sites excluding steroid dienone is 2. The van der Waals surface area contributed by atoms with Gasteiger partial charge in [0, 0.05) is 5.56 Å². The fraction of sp³-hybridized carbons (Fsp3) is 0.143. The first kappa shape index (κ1) is 13.8. The zero-order valence-electron chi connectivity index (χ0n) is 10.3. The zero-order valence-corrected chi connectivity index (χ0v) is 10.3. The number of carboxylic acids is 2. The normalized spacial score (nSPS) is 17.5. The van der Waals surface area contributed by atoms with E-state index in [1.54, 1.807) is 18.2 Å². The number of rotatable bonds is 5. The predicted molar refractivity (Wildman–Crippen MR) is 67.6 cm³/mol. The quantitative estimate of drug-likeness (QED) is 0.791. The van der Waals surface area contributed by atoms with Crippen LogP contribution in [-0.2, 0) is 24.7 Å². The lowest BCUT2D eigenvalue weighted by atomic mass is 9.93. The van der Waals surface area contributed by atoms with E-state index >= 15 is 0 Å². The van der Waals surface area contributed by atoms with Crippen molar-refractivity contribution in [3.8, 4) is 0 Å². The summed E-state index contributed by atoms with van der Waals surface area (Å²) in [4.78, 5) is 23.1. The number of hydrogen-bond acceptors (Lipinski definition) is 4. The second-order valence-corrected chi connectivity index (χ2v) is 3.99. The third kappa shape index (κ3) is 2.41. The van der Waals surface area contributed by atoms with Crippen LogP contribution in [0, 0.1) is 0 Å². The molecule has 2 rings (SSSR count). The summed E-state index contributed by atoms with van der Waals surface area (Å²) in [5.41, 5.74) is -2.52. The second kappa shape index (κ2) is 5.58. The number of ether oxygens (including phenoxy) is 2. The van der Waals surface area contributed by atoms with E-state index in [0.717, 1.165) is 0 Å². The molecule has 0 fully saturated rings. The molecular weight excluding hydrogens is 264 g/mol. The van der Waals surface area contributed by atoms with Gasteiger partial charge in [-0.3, -0.25) is 0 Å². The van der Waals surface area contributed by atoms with Crippen molar-refractivity contribution in [3.05, 3.63) is 60.4 Å². The molecule has 104 valence electrons. The Bertz CT molecular complexity index is 546. The van der Waals surface area contributed by atoms with Crippen LogP contribution in [0.3, 0.4) is 0 Å². The molecule has 6 nitrogen and oxygen atoms in total. The average Bonchev–Trinajstić information content (AvgIpc) is 2.46. The van der Waals surface area contributed by atoms with Crippen molar-refractivity contribution in [1.82, 2.24) is 0 Å². The maximum Gasteiger partial charge on any atom is 0.352 e. The van der Waals surface area contributed by atoms with E-state index < -0.39 is 23.8 Å². The molecule has 0 aromatic heterocycles. The Morgan fingerprint density at radius 1 is 1.10 bits per heavy atom. The van der Waals surface area contributed by atoms with Crippen LogP contribution in [0.5, 0.6) is 0 Å². The Hall–Kier alpha value is -2.60. The lowest BCUT2D eigenvalue weighted by Crippen LogP contribution is -2.48. The Labute approximate surface area is 114 Å². The third-order valence-corrected chi connectivity index (χ3v) is 2.75. The van der Waals surface area contributed by atoms with Gasteiger partial charge in [0.2, 0.25) is 6.29 Å². The Kier molecular flexibility index (Phi) is 3.86. The molecule has 0 bridgehead atoms. The fourth-order valence-corrected chi connectivity index (χ4v) is 1.79. The summed E-state index contributed by atoms with van der Waals surface area (Å²) in [7, 11) is 0. The van der Waals surface area contributed by atoms with Gasteiger partial charge in [-0.05, 0) is 12.2 Å². The van der Waals surface area contributed by atoms with Gasteiger partial charge in [0.1, 0.15) is 0 Å². The van der Waals surface area contributed by atoms with Crippen LogP contribution in [0.4, 0.5) is 0 Å². The lowest BCUT2D eigenvalue weighted by Gasteiger charge is -2.29. The molecule has 1 aliphatic rings. The summed E-state index contributed by atoms with van der Waals surface area (Å²) >= 11 is 0. The molecule has 0 amide bonds. The Balaban J connectivity index is 2.43. The smallest absolute Gasteiger partial charge is 0.352 e. The zero-order chi connectivity index (χ0) is 14.6. The molecule has 1 aromatic rings. The van der Waals surface area contributed by atoms with E-state index in [1.807, 2.05) is 0 Å². The number of carbonyl (C=O) groups is 2. The van der Waals surface area contributed by atoms with E-state index in [-0.39, 0.29) is 5.56 Å². The monoisotopic (exact) mass is 276 g/mol. The van der Waals surface area contributed by atoms with Gasteiger partial charge in [-0.25, -0.2) is 9.59 Å². The molecule has 1 unspecified atom stereocenters. The van der Waals surface area contributed by atoms with E-state index in [0.29, 0.717) is 0 Å². The standard InChI is InChI=1S/C14H12O6/c15-12(16)14(13(17)18,10-6-2-1-3-7-10)20-11-8-4-5-9-19-11/h1-9,11H,(H,15,16)(H,17,18). The summed E-state index contributed by atoms with van der Waals surface area (Å²) < 4.78 is 10.3. The van der Waals surface area contributed by atoms with Crippen LogP contribution in [-0.4, -0.2) is 28.4 Å². The minimum Gasteiger partial charge on any atom is -0.478 e. The van der Waals surface area contributed by atoms with Crippen molar-refractivity contribution in [2.24, 2.45) is 0 Å². The van der Waals surface area contributed by atoms with E-state index in [4.69, 9.17) is 9.47 Å². The third-order valence-electron chi connectivity index (χ3n) is 2.75. The van der Waals surface area contributed by atoms with Crippen LogP contribution in [0.2, 0.25) is 0 Å². The number of carboxylic acid groups (broad SMARTS) is 2. The highest BCUT2D eigenvalue weighted by atomic mass is 16.7. The highest BCUT2D eigenvalue weighted by Gasteiger charge is 2.52. The number of benzene rings is 1. The summed E-state index contributed by atoms with van der Waals surface area (Å²) in [6, 6.07) is 7.49. The molecule has 6 heteroatoms. The maximum absolute atomic E-state index is 11.5. The van der Waals surface area contributed by atoms with Crippen molar-refractivity contribution in [1.29, 1.82) is 0 Å². The van der Waals surface area contributed by atoms with Gasteiger partial charge in [0.05, 0.1) is 6.26 Å². The number of hydrogen-bond donors (Lipinski definition) is 2. The van der Waals surface area contributed by atoms with Gasteiger partial charge in [-0.1, -0.05) is 36.4 Å². The van der Waals surface area contributed by atoms with E-state index in [1.165, 1.54) is 36.6 Å². The average molecular weight is 276 g/mol. The second-order valence-electron chi connectivity index (χ2n) is 3.99. The van der Waals surface area contributed by atoms with Crippen molar-refractivity contribution >= 4 is 11.9 Å². The molecule has 1 aliphatic heterocycles. The minimum atomic E-state index is -2.53. The van der Waals surface area contributed by atoms with Gasteiger partial charge in [0.15, 0.2) is 0 Å². The van der Waals surface area contributed by atoms with Crippen LogP contribution in [0.1, 0.15) is 5.56 Å². The highest BCUT2D eigenvalue weighted by Crippen LogP contribution is 2.29. The Morgan fingerprint density at radius 2 is 1.75 bits per heavy atom. The molecule has 2 N–H and O–H groups in total. The summed E-state index contributed by atoms with van der Waals surface area (Å²) in [5.74, 6) is -3.24. The molecule has 20 heavy (non-hydrogen) atoms. The highest BCUT2D eigenvalue weighted by molar-refractivity contribution is 6.02. The van der Waals surface area contributed by atoms with Gasteiger partial charge >= 0.3 is 11.9 Å². The molecule has 1 heterocycles. The summed E-state index contributed by atoms with van der Waals surface area (Å²) in [6.07, 6.45) is 4.78. The number of aliphatic carboxylic acids is 2. The van der Waals surface area contributed by atoms with E-state index in [9.17, 15) is 19.8 Å². The summed E-state index contributed by atoms with van der Waals surface area (Å²) in [5, 5.41) is 18.7. The molecule has 0 saturated carbocycles. The van der Waals surface area contributed by atoms with Crippen LogP contribution in [0.15, 0.2) is 54.8 Å². The first-order valence-electron chi connectivity index (χ1n) is 5.76. The van der Waals surface area contributed by atoms with Crippen LogP contribution in [0.25, 0.3) is 0 Å². The van der Waals surface area contributed by atoms with Crippen LogP contribution >= 0.6 is 0 Å². The van der Waals surface area contributed by atoms with Crippen molar-refractivity contribution < 1.29 is 29.3 Å². The topological polar surface area (TPSA) is 93.1 Å². The summed E-state index contributed by atoms with van der Waals surface area (Å²) in [6.45, 7) is 0. The predicted octanol–water partition coefficient (Wildman–Crippen LogP) is 1.49. The molecule has 0 spiro atoms. The molecule has 0 saturated heterocycles. The van der Waals surface area contributed by atoms with E-state index in [2.05, 4.69) is 0 Å². The van der Waals surface area contributed by atoms with Crippen LogP contribution < -0.4 is 0 Å². The minimum absolute atomic E-state index is 0.00607. The SMILES string of the molecule is O=C(O)C(OC1C=CC=CO1)(C(=O)O)c1ccccc1. The van der Waals surface area contributed by atoms with Gasteiger partial charge in [-0.2, -0.15) is 0 Å². The molecule has 1 atom stereocenters. The molecule has 1 aromatic carbocycles. The largest absolute Gasteiger partial charge is 0.478 e. The first-order valence-corrected chi connectivity index (χ1v) is 5.76. The molecule has 0 radical (unpaired) electrons. The van der Waals surface area contributed by atoms with Gasteiger partial charge < -0.3 is 19.7 Å².